The van der Waals surface area contributed by atoms with E-state index in [0.29, 0.717) is 29.2 Å². The van der Waals surface area contributed by atoms with Crippen LogP contribution in [0.4, 0.5) is 10.9 Å². The SMILES string of the molecule is Nc1nnc(C2CCC(Cc3ccc(NC(O)Cc4ccccc4)nn3)C2)s1. The molecule has 7 nitrogen and oxygen atoms in total. The highest BCUT2D eigenvalue weighted by Gasteiger charge is 2.28. The second-order valence-electron chi connectivity index (χ2n) is 7.32. The van der Waals surface area contributed by atoms with Crippen molar-refractivity contribution in [2.75, 3.05) is 11.1 Å². The lowest BCUT2D eigenvalue weighted by molar-refractivity contribution is 0.203. The van der Waals surface area contributed by atoms with E-state index in [0.717, 1.165) is 41.9 Å². The first-order valence-corrected chi connectivity index (χ1v) is 10.4. The highest BCUT2D eigenvalue weighted by Crippen LogP contribution is 2.40. The van der Waals surface area contributed by atoms with Crippen molar-refractivity contribution in [3.63, 3.8) is 0 Å². The van der Waals surface area contributed by atoms with Crippen LogP contribution in [0.15, 0.2) is 42.5 Å². The van der Waals surface area contributed by atoms with Crippen LogP contribution < -0.4 is 11.1 Å². The first-order valence-electron chi connectivity index (χ1n) is 9.55. The molecule has 2 heterocycles. The summed E-state index contributed by atoms with van der Waals surface area (Å²) in [5.41, 5.74) is 7.75. The Morgan fingerprint density at radius 1 is 1.07 bits per heavy atom. The first kappa shape index (κ1) is 18.8. The summed E-state index contributed by atoms with van der Waals surface area (Å²) in [7, 11) is 0. The number of nitrogens with zero attached hydrogens (tertiary/aromatic N) is 4. The van der Waals surface area contributed by atoms with Gasteiger partial charge in [0.25, 0.3) is 0 Å². The maximum atomic E-state index is 10.2. The molecule has 0 radical (unpaired) electrons. The lowest BCUT2D eigenvalue weighted by Crippen LogP contribution is -2.22. The molecule has 146 valence electrons. The second-order valence-corrected chi connectivity index (χ2v) is 8.36. The summed E-state index contributed by atoms with van der Waals surface area (Å²) in [5, 5.41) is 31.5. The third kappa shape index (κ3) is 4.82. The Morgan fingerprint density at radius 2 is 1.93 bits per heavy atom. The summed E-state index contributed by atoms with van der Waals surface area (Å²) in [4.78, 5) is 0. The topological polar surface area (TPSA) is 110 Å². The van der Waals surface area contributed by atoms with Crippen molar-refractivity contribution in [2.24, 2.45) is 5.92 Å². The first-order chi connectivity index (χ1) is 13.7. The molecule has 2 aromatic heterocycles. The van der Waals surface area contributed by atoms with Gasteiger partial charge in [-0.05, 0) is 49.3 Å². The number of anilines is 2. The van der Waals surface area contributed by atoms with Crippen LogP contribution >= 0.6 is 11.3 Å². The lowest BCUT2D eigenvalue weighted by Gasteiger charge is -2.14. The zero-order valence-electron chi connectivity index (χ0n) is 15.5. The number of hydrogen-bond donors (Lipinski definition) is 3. The van der Waals surface area contributed by atoms with Crippen molar-refractivity contribution >= 4 is 22.3 Å². The van der Waals surface area contributed by atoms with Crippen LogP contribution in [0.5, 0.6) is 0 Å². The van der Waals surface area contributed by atoms with E-state index >= 15 is 0 Å². The smallest absolute Gasteiger partial charge is 0.203 e. The van der Waals surface area contributed by atoms with E-state index in [1.54, 1.807) is 0 Å². The van der Waals surface area contributed by atoms with Crippen molar-refractivity contribution < 1.29 is 5.11 Å². The number of aliphatic hydroxyl groups is 1. The summed E-state index contributed by atoms with van der Waals surface area (Å²) >= 11 is 1.50. The molecule has 0 amide bonds. The molecule has 0 aliphatic heterocycles. The molecular formula is C20H24N6OS. The molecule has 1 aliphatic carbocycles. The molecule has 1 saturated carbocycles. The van der Waals surface area contributed by atoms with Gasteiger partial charge in [-0.15, -0.1) is 15.3 Å². The van der Waals surface area contributed by atoms with Crippen LogP contribution in [0.1, 0.15) is 41.4 Å². The van der Waals surface area contributed by atoms with Crippen molar-refractivity contribution in [3.05, 3.63) is 58.7 Å². The molecule has 4 N–H and O–H groups in total. The average molecular weight is 397 g/mol. The fourth-order valence-electron chi connectivity index (χ4n) is 3.80. The molecule has 3 atom stereocenters. The van der Waals surface area contributed by atoms with E-state index in [-0.39, 0.29) is 0 Å². The van der Waals surface area contributed by atoms with Gasteiger partial charge >= 0.3 is 0 Å². The van der Waals surface area contributed by atoms with Crippen LogP contribution in [0.3, 0.4) is 0 Å². The Balaban J connectivity index is 1.28. The number of nitrogens with one attached hydrogen (secondary N) is 1. The van der Waals surface area contributed by atoms with Gasteiger partial charge in [0.05, 0.1) is 5.69 Å². The quantitative estimate of drug-likeness (QED) is 0.527. The van der Waals surface area contributed by atoms with Crippen molar-refractivity contribution in [1.82, 2.24) is 20.4 Å². The van der Waals surface area contributed by atoms with Gasteiger partial charge in [0.1, 0.15) is 11.2 Å². The van der Waals surface area contributed by atoms with Gasteiger partial charge in [0.2, 0.25) is 5.13 Å². The van der Waals surface area contributed by atoms with Gasteiger partial charge in [-0.2, -0.15) is 5.10 Å². The number of nitrogens with two attached hydrogens (primary N) is 1. The second kappa shape index (κ2) is 8.62. The van der Waals surface area contributed by atoms with Gasteiger partial charge in [0.15, 0.2) is 5.82 Å². The molecule has 1 aliphatic rings. The predicted molar refractivity (Wildman–Crippen MR) is 110 cm³/mol. The minimum Gasteiger partial charge on any atom is -0.374 e. The van der Waals surface area contributed by atoms with E-state index in [9.17, 15) is 5.11 Å². The van der Waals surface area contributed by atoms with Crippen molar-refractivity contribution in [1.29, 1.82) is 0 Å². The molecule has 0 spiro atoms. The Hall–Kier alpha value is -2.58. The Bertz CT molecular complexity index is 885. The zero-order chi connectivity index (χ0) is 19.3. The maximum Gasteiger partial charge on any atom is 0.203 e. The lowest BCUT2D eigenvalue weighted by atomic mass is 10.00. The number of nitrogen functional groups attached to an aromatic ring is 1. The number of benzene rings is 1. The number of hydrogen-bond acceptors (Lipinski definition) is 8. The molecule has 3 unspecified atom stereocenters. The molecule has 0 bridgehead atoms. The van der Waals surface area contributed by atoms with Gasteiger partial charge in [-0.25, -0.2) is 0 Å². The molecule has 4 rings (SSSR count). The number of aliphatic hydroxyl groups excluding tert-OH is 1. The van der Waals surface area contributed by atoms with Crippen LogP contribution in [0.25, 0.3) is 0 Å². The van der Waals surface area contributed by atoms with Crippen molar-refractivity contribution in [3.8, 4) is 0 Å². The number of aromatic nitrogens is 4. The van der Waals surface area contributed by atoms with Gasteiger partial charge < -0.3 is 16.2 Å². The minimum absolute atomic E-state index is 0.460. The normalized spacial score (nSPS) is 20.2. The predicted octanol–water partition coefficient (Wildman–Crippen LogP) is 3.01. The molecule has 1 fully saturated rings. The fraction of sp³-hybridized carbons (Fsp3) is 0.400. The monoisotopic (exact) mass is 396 g/mol. The molecular weight excluding hydrogens is 372 g/mol. The largest absolute Gasteiger partial charge is 0.374 e. The van der Waals surface area contributed by atoms with E-state index in [1.807, 2.05) is 42.5 Å². The third-order valence-electron chi connectivity index (χ3n) is 5.15. The summed E-state index contributed by atoms with van der Waals surface area (Å²) in [6.07, 6.45) is 4.10. The summed E-state index contributed by atoms with van der Waals surface area (Å²) in [6.45, 7) is 0. The third-order valence-corrected chi connectivity index (χ3v) is 6.07. The van der Waals surface area contributed by atoms with Crippen LogP contribution in [-0.2, 0) is 12.8 Å². The highest BCUT2D eigenvalue weighted by atomic mass is 32.1. The minimum atomic E-state index is -0.697. The molecule has 1 aromatic carbocycles. The van der Waals surface area contributed by atoms with Crippen LogP contribution in [-0.4, -0.2) is 31.7 Å². The van der Waals surface area contributed by atoms with E-state index < -0.39 is 6.23 Å². The molecule has 0 saturated heterocycles. The zero-order valence-corrected chi connectivity index (χ0v) is 16.3. The Labute approximate surface area is 168 Å². The average Bonchev–Trinajstić information content (AvgIpc) is 3.33. The standard InChI is InChI=1S/C20H24N6OS/c21-20-26-25-19(28-20)15-7-6-14(10-15)11-16-8-9-17(24-23-16)22-18(27)12-13-4-2-1-3-5-13/h1-5,8-9,14-15,18,27H,6-7,10-12H2,(H2,21,26)(H,22,24). The van der Waals surface area contributed by atoms with E-state index in [4.69, 9.17) is 5.73 Å². The van der Waals surface area contributed by atoms with Crippen LogP contribution in [0, 0.1) is 5.92 Å². The maximum absolute atomic E-state index is 10.2. The van der Waals surface area contributed by atoms with Gasteiger partial charge in [-0.3, -0.25) is 0 Å². The Morgan fingerprint density at radius 3 is 2.64 bits per heavy atom. The highest BCUT2D eigenvalue weighted by molar-refractivity contribution is 7.15. The molecule has 3 aromatic rings. The summed E-state index contributed by atoms with van der Waals surface area (Å²) in [5.74, 6) is 1.62. The summed E-state index contributed by atoms with van der Waals surface area (Å²) < 4.78 is 0. The molecule has 28 heavy (non-hydrogen) atoms. The van der Waals surface area contributed by atoms with Crippen molar-refractivity contribution in [2.45, 2.75) is 44.2 Å². The van der Waals surface area contributed by atoms with Gasteiger partial charge in [-0.1, -0.05) is 41.7 Å². The van der Waals surface area contributed by atoms with E-state index in [1.165, 1.54) is 11.3 Å². The fourth-order valence-corrected chi connectivity index (χ4v) is 4.56. The summed E-state index contributed by atoms with van der Waals surface area (Å²) in [6, 6.07) is 13.7. The van der Waals surface area contributed by atoms with Crippen LogP contribution in [0.2, 0.25) is 0 Å². The molecule has 8 heteroatoms. The van der Waals surface area contributed by atoms with E-state index in [2.05, 4.69) is 25.7 Å². The Kier molecular flexibility index (Phi) is 5.78. The number of rotatable bonds is 7. The van der Waals surface area contributed by atoms with Gasteiger partial charge in [0, 0.05) is 12.3 Å².